The quantitative estimate of drug-likeness (QED) is 0.252. The number of carbonyl (C=O) groups is 2. The lowest BCUT2D eigenvalue weighted by molar-refractivity contribution is -0.132. The molecule has 3 aromatic rings. The molecule has 0 aliphatic carbocycles. The maximum Gasteiger partial charge on any atom is 0.300 e. The molecule has 0 bridgehead atoms. The number of amides is 1. The SMILES string of the molecule is CCOc1cccc(N2C(=O)C(=O)/C(=C(\O)c3ccc(OCC)c(C(C)C)c3)C2c2cccnc2)c1. The number of benzene rings is 2. The number of rotatable bonds is 8. The molecule has 7 heteroatoms. The Morgan fingerprint density at radius 2 is 1.81 bits per heavy atom. The van der Waals surface area contributed by atoms with Gasteiger partial charge in [-0.3, -0.25) is 19.5 Å². The molecule has 1 aliphatic heterocycles. The molecule has 1 aliphatic rings. The Bertz CT molecular complexity index is 1300. The molecule has 4 rings (SSSR count). The van der Waals surface area contributed by atoms with E-state index in [-0.39, 0.29) is 17.3 Å². The van der Waals surface area contributed by atoms with Crippen LogP contribution in [0.2, 0.25) is 0 Å². The van der Waals surface area contributed by atoms with Gasteiger partial charge in [-0.2, -0.15) is 0 Å². The number of anilines is 1. The van der Waals surface area contributed by atoms with Crippen LogP contribution in [-0.4, -0.2) is 35.0 Å². The average molecular weight is 487 g/mol. The van der Waals surface area contributed by atoms with E-state index in [9.17, 15) is 14.7 Å². The Labute approximate surface area is 211 Å². The van der Waals surface area contributed by atoms with E-state index in [4.69, 9.17) is 9.47 Å². The molecule has 36 heavy (non-hydrogen) atoms. The lowest BCUT2D eigenvalue weighted by Gasteiger charge is -2.25. The second-order valence-electron chi connectivity index (χ2n) is 8.73. The van der Waals surface area contributed by atoms with Crippen molar-refractivity contribution in [3.05, 3.63) is 89.3 Å². The van der Waals surface area contributed by atoms with Crippen LogP contribution < -0.4 is 14.4 Å². The van der Waals surface area contributed by atoms with Gasteiger partial charge in [0, 0.05) is 29.7 Å². The van der Waals surface area contributed by atoms with E-state index >= 15 is 0 Å². The molecule has 186 valence electrons. The summed E-state index contributed by atoms with van der Waals surface area (Å²) in [6.45, 7) is 8.82. The minimum atomic E-state index is -0.857. The lowest BCUT2D eigenvalue weighted by atomic mass is 9.93. The van der Waals surface area contributed by atoms with Crippen LogP contribution >= 0.6 is 0 Å². The number of aliphatic hydroxyl groups is 1. The fourth-order valence-corrected chi connectivity index (χ4v) is 4.43. The first kappa shape index (κ1) is 25.0. The van der Waals surface area contributed by atoms with Gasteiger partial charge in [-0.25, -0.2) is 0 Å². The van der Waals surface area contributed by atoms with Gasteiger partial charge < -0.3 is 14.6 Å². The lowest BCUT2D eigenvalue weighted by Crippen LogP contribution is -2.29. The monoisotopic (exact) mass is 486 g/mol. The second kappa shape index (κ2) is 10.6. The van der Waals surface area contributed by atoms with E-state index < -0.39 is 17.7 Å². The van der Waals surface area contributed by atoms with Crippen molar-refractivity contribution in [2.24, 2.45) is 0 Å². The van der Waals surface area contributed by atoms with Gasteiger partial charge in [0.2, 0.25) is 0 Å². The van der Waals surface area contributed by atoms with Crippen LogP contribution in [0.25, 0.3) is 5.76 Å². The normalized spacial score (nSPS) is 17.0. The first-order chi connectivity index (χ1) is 17.4. The molecule has 2 heterocycles. The molecule has 1 unspecified atom stereocenters. The summed E-state index contributed by atoms with van der Waals surface area (Å²) in [6.07, 6.45) is 3.22. The van der Waals surface area contributed by atoms with Crippen molar-refractivity contribution in [3.8, 4) is 11.5 Å². The molecule has 0 radical (unpaired) electrons. The zero-order chi connectivity index (χ0) is 25.8. The predicted molar refractivity (Wildman–Crippen MR) is 138 cm³/mol. The molecule has 1 saturated heterocycles. The van der Waals surface area contributed by atoms with E-state index in [1.54, 1.807) is 60.9 Å². The van der Waals surface area contributed by atoms with Crippen molar-refractivity contribution >= 4 is 23.1 Å². The predicted octanol–water partition coefficient (Wildman–Crippen LogP) is 5.63. The van der Waals surface area contributed by atoms with Gasteiger partial charge in [0.05, 0.1) is 24.8 Å². The number of pyridine rings is 1. The summed E-state index contributed by atoms with van der Waals surface area (Å²) < 4.78 is 11.4. The van der Waals surface area contributed by atoms with Gasteiger partial charge in [-0.1, -0.05) is 26.0 Å². The van der Waals surface area contributed by atoms with Crippen LogP contribution in [0, 0.1) is 0 Å². The molecule has 1 atom stereocenters. The average Bonchev–Trinajstić information content (AvgIpc) is 3.15. The fourth-order valence-electron chi connectivity index (χ4n) is 4.43. The van der Waals surface area contributed by atoms with Crippen molar-refractivity contribution in [2.45, 2.75) is 39.7 Å². The highest BCUT2D eigenvalue weighted by Crippen LogP contribution is 2.43. The second-order valence-corrected chi connectivity index (χ2v) is 8.73. The van der Waals surface area contributed by atoms with Crippen LogP contribution in [0.3, 0.4) is 0 Å². The zero-order valence-corrected chi connectivity index (χ0v) is 20.9. The summed E-state index contributed by atoms with van der Waals surface area (Å²) in [4.78, 5) is 32.4. The highest BCUT2D eigenvalue weighted by atomic mass is 16.5. The van der Waals surface area contributed by atoms with Gasteiger partial charge in [0.25, 0.3) is 11.7 Å². The third-order valence-electron chi connectivity index (χ3n) is 6.06. The molecule has 0 saturated carbocycles. The van der Waals surface area contributed by atoms with Gasteiger partial charge in [0.15, 0.2) is 0 Å². The maximum atomic E-state index is 13.4. The van der Waals surface area contributed by atoms with Gasteiger partial charge in [-0.05, 0) is 67.3 Å². The highest BCUT2D eigenvalue weighted by Gasteiger charge is 2.47. The van der Waals surface area contributed by atoms with Crippen molar-refractivity contribution in [1.29, 1.82) is 0 Å². The minimum absolute atomic E-state index is 0.00804. The third-order valence-corrected chi connectivity index (χ3v) is 6.06. The van der Waals surface area contributed by atoms with Crippen LogP contribution in [0.4, 0.5) is 5.69 Å². The largest absolute Gasteiger partial charge is 0.507 e. The standard InChI is InChI=1S/C29H30N2O5/c1-5-35-22-11-7-10-21(16-22)31-26(20-9-8-14-30-17-20)25(28(33)29(31)34)27(32)19-12-13-24(36-6-2)23(15-19)18(3)4/h7-18,26,32H,5-6H2,1-4H3/b27-25-. The smallest absolute Gasteiger partial charge is 0.300 e. The summed E-state index contributed by atoms with van der Waals surface area (Å²) in [5, 5.41) is 11.5. The Morgan fingerprint density at radius 3 is 2.47 bits per heavy atom. The van der Waals surface area contributed by atoms with Crippen molar-refractivity contribution in [1.82, 2.24) is 4.98 Å². The molecule has 0 spiro atoms. The number of ketones is 1. The number of nitrogens with zero attached hydrogens (tertiary/aromatic N) is 2. The number of ether oxygens (including phenoxy) is 2. The van der Waals surface area contributed by atoms with E-state index in [2.05, 4.69) is 4.98 Å². The maximum absolute atomic E-state index is 13.4. The van der Waals surface area contributed by atoms with Crippen molar-refractivity contribution < 1.29 is 24.2 Å². The van der Waals surface area contributed by atoms with Crippen LogP contribution in [-0.2, 0) is 9.59 Å². The van der Waals surface area contributed by atoms with Gasteiger partial charge >= 0.3 is 0 Å². The van der Waals surface area contributed by atoms with Crippen LogP contribution in [0.1, 0.15) is 56.3 Å². The number of carbonyl (C=O) groups excluding carboxylic acids is 2. The third kappa shape index (κ3) is 4.69. The van der Waals surface area contributed by atoms with E-state index in [0.29, 0.717) is 35.8 Å². The van der Waals surface area contributed by atoms with Crippen LogP contribution in [0.15, 0.2) is 72.6 Å². The summed E-state index contributed by atoms with van der Waals surface area (Å²) in [6, 6.07) is 15.0. The summed E-state index contributed by atoms with van der Waals surface area (Å²) in [7, 11) is 0. The van der Waals surface area contributed by atoms with Gasteiger partial charge in [-0.15, -0.1) is 0 Å². The first-order valence-electron chi connectivity index (χ1n) is 12.1. The molecule has 1 fully saturated rings. The van der Waals surface area contributed by atoms with Crippen molar-refractivity contribution in [2.75, 3.05) is 18.1 Å². The Kier molecular flexibility index (Phi) is 7.38. The molecule has 1 aromatic heterocycles. The van der Waals surface area contributed by atoms with Gasteiger partial charge in [0.1, 0.15) is 17.3 Å². The number of hydrogen-bond acceptors (Lipinski definition) is 6. The molecule has 1 amide bonds. The zero-order valence-electron chi connectivity index (χ0n) is 20.9. The number of aromatic nitrogens is 1. The van der Waals surface area contributed by atoms with E-state index in [1.165, 1.54) is 4.90 Å². The Hall–Kier alpha value is -4.13. The first-order valence-corrected chi connectivity index (χ1v) is 12.1. The van der Waals surface area contributed by atoms with Crippen LogP contribution in [0.5, 0.6) is 11.5 Å². The van der Waals surface area contributed by atoms with E-state index in [0.717, 1.165) is 11.3 Å². The molecular weight excluding hydrogens is 456 g/mol. The topological polar surface area (TPSA) is 89.0 Å². The number of hydrogen-bond donors (Lipinski definition) is 1. The number of Topliss-reactive ketones (excluding diaryl/α,β-unsaturated/α-hetero) is 1. The Balaban J connectivity index is 1.90. The van der Waals surface area contributed by atoms with Crippen molar-refractivity contribution in [3.63, 3.8) is 0 Å². The molecule has 7 nitrogen and oxygen atoms in total. The summed E-state index contributed by atoms with van der Waals surface area (Å²) in [5.41, 5.74) is 2.45. The number of aliphatic hydroxyl groups excluding tert-OH is 1. The summed E-state index contributed by atoms with van der Waals surface area (Å²) in [5.74, 6) is -0.305. The van der Waals surface area contributed by atoms with E-state index in [1.807, 2.05) is 33.8 Å². The molecule has 2 aromatic carbocycles. The molecule has 1 N–H and O–H groups in total. The fraction of sp³-hybridized carbons (Fsp3) is 0.276. The minimum Gasteiger partial charge on any atom is -0.507 e. The molecular formula is C29H30N2O5. The highest BCUT2D eigenvalue weighted by molar-refractivity contribution is 6.51. The Morgan fingerprint density at radius 1 is 1.03 bits per heavy atom. The summed E-state index contributed by atoms with van der Waals surface area (Å²) >= 11 is 0.